The third kappa shape index (κ3) is 5.41. The van der Waals surface area contributed by atoms with E-state index in [1.54, 1.807) is 0 Å². The predicted molar refractivity (Wildman–Crippen MR) is 122 cm³/mol. The highest BCUT2D eigenvalue weighted by Gasteiger charge is 2.26. The first-order chi connectivity index (χ1) is 14.7. The monoisotopic (exact) mass is 407 g/mol. The topological polar surface area (TPSA) is 44.8 Å². The molecule has 5 nitrogen and oxygen atoms in total. The summed E-state index contributed by atoms with van der Waals surface area (Å²) in [5.41, 5.74) is 3.47. The van der Waals surface area contributed by atoms with Gasteiger partial charge in [-0.2, -0.15) is 0 Å². The fraction of sp³-hybridized carbons (Fsp3) is 0.480. The summed E-state index contributed by atoms with van der Waals surface area (Å²) in [6, 6.07) is 18.8. The third-order valence-electron chi connectivity index (χ3n) is 6.45. The van der Waals surface area contributed by atoms with Crippen LogP contribution >= 0.6 is 0 Å². The fourth-order valence-corrected chi connectivity index (χ4v) is 4.48. The van der Waals surface area contributed by atoms with Gasteiger partial charge in [-0.25, -0.2) is 0 Å². The highest BCUT2D eigenvalue weighted by molar-refractivity contribution is 5.94. The van der Waals surface area contributed by atoms with Gasteiger partial charge in [0.25, 0.3) is 0 Å². The number of hydrogen-bond acceptors (Lipinski definition) is 4. The zero-order chi connectivity index (χ0) is 20.8. The van der Waals surface area contributed by atoms with Gasteiger partial charge in [-0.15, -0.1) is 0 Å². The molecule has 1 atom stereocenters. The average Bonchev–Trinajstić information content (AvgIpc) is 2.81. The quantitative estimate of drug-likeness (QED) is 0.791. The van der Waals surface area contributed by atoms with Crippen LogP contribution in [0.5, 0.6) is 0 Å². The molecule has 5 heteroatoms. The Bertz CT molecular complexity index is 795. The molecule has 0 aromatic heterocycles. The number of benzene rings is 2. The van der Waals surface area contributed by atoms with Crippen LogP contribution in [0.4, 0.5) is 11.4 Å². The maximum absolute atomic E-state index is 12.8. The van der Waals surface area contributed by atoms with Gasteiger partial charge in [0.15, 0.2) is 0 Å². The van der Waals surface area contributed by atoms with E-state index in [2.05, 4.69) is 57.6 Å². The minimum atomic E-state index is -0.110. The Labute approximate surface area is 180 Å². The van der Waals surface area contributed by atoms with Crippen LogP contribution in [0.25, 0.3) is 0 Å². The number of morpholine rings is 1. The smallest absolute Gasteiger partial charge is 0.241 e. The molecule has 0 saturated carbocycles. The molecule has 2 aromatic carbocycles. The lowest BCUT2D eigenvalue weighted by Crippen LogP contribution is -2.46. The normalized spacial score (nSPS) is 19.4. The van der Waals surface area contributed by atoms with Gasteiger partial charge in [-0.05, 0) is 75.0 Å². The number of rotatable bonds is 6. The van der Waals surface area contributed by atoms with Crippen LogP contribution in [0.15, 0.2) is 54.6 Å². The Morgan fingerprint density at radius 2 is 1.67 bits per heavy atom. The maximum atomic E-state index is 12.8. The summed E-state index contributed by atoms with van der Waals surface area (Å²) in [5.74, 6) is 0.794. The van der Waals surface area contributed by atoms with E-state index >= 15 is 0 Å². The van der Waals surface area contributed by atoms with Gasteiger partial charge in [0, 0.05) is 24.5 Å². The minimum absolute atomic E-state index is 0.0793. The number of nitrogens with one attached hydrogen (secondary N) is 1. The van der Waals surface area contributed by atoms with Crippen molar-refractivity contribution in [2.24, 2.45) is 5.92 Å². The van der Waals surface area contributed by atoms with Crippen LogP contribution < -0.4 is 10.2 Å². The predicted octanol–water partition coefficient (Wildman–Crippen LogP) is 3.80. The zero-order valence-electron chi connectivity index (χ0n) is 17.9. The van der Waals surface area contributed by atoms with Crippen molar-refractivity contribution in [3.05, 3.63) is 60.2 Å². The van der Waals surface area contributed by atoms with Crippen molar-refractivity contribution in [3.63, 3.8) is 0 Å². The fourth-order valence-electron chi connectivity index (χ4n) is 4.48. The standard InChI is InChI=1S/C25H33N3O2/c1-20(27-13-11-22(12-14-27)19-21-5-3-2-4-6-21)25(29)26-23-7-9-24(10-8-23)28-15-17-30-18-16-28/h2-10,20,22H,11-19H2,1H3,(H,26,29)/t20-/m1/s1. The highest BCUT2D eigenvalue weighted by atomic mass is 16.5. The molecule has 0 unspecified atom stereocenters. The van der Waals surface area contributed by atoms with Crippen LogP contribution in [-0.2, 0) is 16.0 Å². The van der Waals surface area contributed by atoms with Crippen molar-refractivity contribution < 1.29 is 9.53 Å². The molecule has 0 spiro atoms. The molecule has 1 N–H and O–H groups in total. The SMILES string of the molecule is C[C@H](C(=O)Nc1ccc(N2CCOCC2)cc1)N1CCC(Cc2ccccc2)CC1. The molecule has 0 radical (unpaired) electrons. The third-order valence-corrected chi connectivity index (χ3v) is 6.45. The molecule has 2 heterocycles. The van der Waals surface area contributed by atoms with Crippen LogP contribution in [0.2, 0.25) is 0 Å². The first-order valence-electron chi connectivity index (χ1n) is 11.2. The van der Waals surface area contributed by atoms with Gasteiger partial charge < -0.3 is 15.0 Å². The van der Waals surface area contributed by atoms with Crippen molar-refractivity contribution in [2.45, 2.75) is 32.2 Å². The molecule has 160 valence electrons. The lowest BCUT2D eigenvalue weighted by Gasteiger charge is -2.35. The van der Waals surface area contributed by atoms with Crippen molar-refractivity contribution in [1.82, 2.24) is 4.90 Å². The average molecular weight is 408 g/mol. The van der Waals surface area contributed by atoms with Gasteiger partial charge in [0.1, 0.15) is 0 Å². The molecule has 2 aliphatic heterocycles. The van der Waals surface area contributed by atoms with E-state index in [1.165, 1.54) is 11.3 Å². The summed E-state index contributed by atoms with van der Waals surface area (Å²) >= 11 is 0. The van der Waals surface area contributed by atoms with E-state index in [9.17, 15) is 4.79 Å². The second-order valence-electron chi connectivity index (χ2n) is 8.48. The molecule has 0 bridgehead atoms. The van der Waals surface area contributed by atoms with E-state index in [1.807, 2.05) is 19.1 Å². The molecule has 1 amide bonds. The molecule has 2 aromatic rings. The molecular weight excluding hydrogens is 374 g/mol. The number of piperidine rings is 1. The lowest BCUT2D eigenvalue weighted by atomic mass is 9.89. The van der Waals surface area contributed by atoms with Crippen LogP contribution in [0, 0.1) is 5.92 Å². The van der Waals surface area contributed by atoms with E-state index < -0.39 is 0 Å². The Kier molecular flexibility index (Phi) is 7.03. The summed E-state index contributed by atoms with van der Waals surface area (Å²) in [7, 11) is 0. The highest BCUT2D eigenvalue weighted by Crippen LogP contribution is 2.24. The van der Waals surface area contributed by atoms with Crippen LogP contribution in [0.3, 0.4) is 0 Å². The Morgan fingerprint density at radius 1 is 1.00 bits per heavy atom. The van der Waals surface area contributed by atoms with E-state index in [-0.39, 0.29) is 11.9 Å². The van der Waals surface area contributed by atoms with E-state index in [4.69, 9.17) is 4.74 Å². The van der Waals surface area contributed by atoms with Crippen molar-refractivity contribution in [1.29, 1.82) is 0 Å². The van der Waals surface area contributed by atoms with Gasteiger partial charge >= 0.3 is 0 Å². The Balaban J connectivity index is 1.25. The van der Waals surface area contributed by atoms with Gasteiger partial charge in [0.05, 0.1) is 19.3 Å². The number of hydrogen-bond donors (Lipinski definition) is 1. The summed E-state index contributed by atoms with van der Waals surface area (Å²) in [5, 5.41) is 3.10. The molecule has 2 aliphatic rings. The van der Waals surface area contributed by atoms with Gasteiger partial charge in [-0.3, -0.25) is 9.69 Å². The molecule has 4 rings (SSSR count). The summed E-state index contributed by atoms with van der Waals surface area (Å²) in [6.45, 7) is 7.39. The van der Waals surface area contributed by atoms with E-state index in [0.29, 0.717) is 5.92 Å². The molecular formula is C25H33N3O2. The largest absolute Gasteiger partial charge is 0.378 e. The van der Waals surface area contributed by atoms with E-state index in [0.717, 1.165) is 64.3 Å². The number of anilines is 2. The van der Waals surface area contributed by atoms with Crippen LogP contribution in [-0.4, -0.2) is 56.2 Å². The number of amides is 1. The minimum Gasteiger partial charge on any atom is -0.378 e. The Morgan fingerprint density at radius 3 is 2.33 bits per heavy atom. The van der Waals surface area contributed by atoms with Gasteiger partial charge in [0.2, 0.25) is 5.91 Å². The number of nitrogens with zero attached hydrogens (tertiary/aromatic N) is 2. The number of carbonyl (C=O) groups excluding carboxylic acids is 1. The Hall–Kier alpha value is -2.37. The molecule has 0 aliphatic carbocycles. The maximum Gasteiger partial charge on any atom is 0.241 e. The zero-order valence-corrected chi connectivity index (χ0v) is 17.9. The second-order valence-corrected chi connectivity index (χ2v) is 8.48. The molecule has 30 heavy (non-hydrogen) atoms. The second kappa shape index (κ2) is 10.1. The summed E-state index contributed by atoms with van der Waals surface area (Å²) in [6.07, 6.45) is 3.45. The van der Waals surface area contributed by atoms with Crippen LogP contribution in [0.1, 0.15) is 25.3 Å². The number of carbonyl (C=O) groups is 1. The van der Waals surface area contributed by atoms with Crippen molar-refractivity contribution >= 4 is 17.3 Å². The lowest BCUT2D eigenvalue weighted by molar-refractivity contribution is -0.121. The van der Waals surface area contributed by atoms with Gasteiger partial charge in [-0.1, -0.05) is 30.3 Å². The first-order valence-corrected chi connectivity index (χ1v) is 11.2. The summed E-state index contributed by atoms with van der Waals surface area (Å²) < 4.78 is 5.41. The summed E-state index contributed by atoms with van der Waals surface area (Å²) in [4.78, 5) is 17.4. The van der Waals surface area contributed by atoms with Crippen molar-refractivity contribution in [3.8, 4) is 0 Å². The number of ether oxygens (including phenoxy) is 1. The first kappa shape index (κ1) is 20.9. The molecule has 2 fully saturated rings. The number of likely N-dealkylation sites (tertiary alicyclic amines) is 1. The molecule has 2 saturated heterocycles. The van der Waals surface area contributed by atoms with Crippen molar-refractivity contribution in [2.75, 3.05) is 49.6 Å².